The van der Waals surface area contributed by atoms with Crippen molar-refractivity contribution in [3.8, 4) is 0 Å². The standard InChI is InChI=1S/C13H20FNO2S/c1-8-4-13(18-7-10(17)6-16)11(5-12(8)14)9(2)15-3/h4-5,9-10,15-17H,6-7H2,1-3H3. The molecule has 0 spiro atoms. The van der Waals surface area contributed by atoms with Crippen molar-refractivity contribution in [2.75, 3.05) is 19.4 Å². The van der Waals surface area contributed by atoms with Crippen molar-refractivity contribution < 1.29 is 14.6 Å². The molecule has 1 rings (SSSR count). The van der Waals surface area contributed by atoms with Gasteiger partial charge in [-0.25, -0.2) is 4.39 Å². The summed E-state index contributed by atoms with van der Waals surface area (Å²) in [5.41, 5.74) is 1.46. The predicted octanol–water partition coefficient (Wildman–Crippen LogP) is 1.86. The van der Waals surface area contributed by atoms with E-state index in [1.54, 1.807) is 13.0 Å². The Balaban J connectivity index is 2.96. The van der Waals surface area contributed by atoms with Gasteiger partial charge in [0.05, 0.1) is 12.7 Å². The Morgan fingerprint density at radius 1 is 1.44 bits per heavy atom. The predicted molar refractivity (Wildman–Crippen MR) is 72.4 cm³/mol. The fourth-order valence-electron chi connectivity index (χ4n) is 1.53. The number of hydrogen-bond donors (Lipinski definition) is 3. The topological polar surface area (TPSA) is 52.5 Å². The summed E-state index contributed by atoms with van der Waals surface area (Å²) in [7, 11) is 1.82. The molecule has 0 aliphatic carbocycles. The molecule has 0 amide bonds. The monoisotopic (exact) mass is 273 g/mol. The van der Waals surface area contributed by atoms with Gasteiger partial charge in [-0.1, -0.05) is 0 Å². The number of hydrogen-bond acceptors (Lipinski definition) is 4. The van der Waals surface area contributed by atoms with Crippen molar-refractivity contribution in [3.63, 3.8) is 0 Å². The molecule has 1 aromatic carbocycles. The maximum atomic E-state index is 13.6. The third kappa shape index (κ3) is 3.95. The fourth-order valence-corrected chi connectivity index (χ4v) is 2.67. The Labute approximate surface area is 111 Å². The highest BCUT2D eigenvalue weighted by Crippen LogP contribution is 2.30. The van der Waals surface area contributed by atoms with Gasteiger partial charge < -0.3 is 15.5 Å². The van der Waals surface area contributed by atoms with E-state index in [0.717, 1.165) is 10.5 Å². The zero-order valence-electron chi connectivity index (χ0n) is 10.9. The maximum absolute atomic E-state index is 13.6. The molecule has 0 bridgehead atoms. The molecule has 0 radical (unpaired) electrons. The Hall–Kier alpha value is -0.620. The highest BCUT2D eigenvalue weighted by Gasteiger charge is 2.14. The number of nitrogens with one attached hydrogen (secondary N) is 1. The van der Waals surface area contributed by atoms with E-state index >= 15 is 0 Å². The molecule has 0 fully saturated rings. The number of benzene rings is 1. The van der Waals surface area contributed by atoms with Gasteiger partial charge in [0.15, 0.2) is 0 Å². The van der Waals surface area contributed by atoms with Crippen molar-refractivity contribution in [2.45, 2.75) is 30.9 Å². The van der Waals surface area contributed by atoms with Crippen LogP contribution in [0.4, 0.5) is 4.39 Å². The van der Waals surface area contributed by atoms with Crippen LogP contribution in [-0.4, -0.2) is 35.7 Å². The molecule has 102 valence electrons. The summed E-state index contributed by atoms with van der Waals surface area (Å²) in [5, 5.41) is 21.2. The average molecular weight is 273 g/mol. The van der Waals surface area contributed by atoms with Crippen LogP contribution in [0.25, 0.3) is 0 Å². The van der Waals surface area contributed by atoms with Gasteiger partial charge >= 0.3 is 0 Å². The first-order valence-electron chi connectivity index (χ1n) is 5.88. The highest BCUT2D eigenvalue weighted by molar-refractivity contribution is 7.99. The summed E-state index contributed by atoms with van der Waals surface area (Å²) in [6, 6.07) is 3.35. The van der Waals surface area contributed by atoms with Gasteiger partial charge in [0.2, 0.25) is 0 Å². The highest BCUT2D eigenvalue weighted by atomic mass is 32.2. The number of rotatable bonds is 6. The Bertz CT molecular complexity index is 401. The minimum absolute atomic E-state index is 0.0360. The summed E-state index contributed by atoms with van der Waals surface area (Å²) in [6.45, 7) is 3.41. The second kappa shape index (κ2) is 7.09. The fraction of sp³-hybridized carbons (Fsp3) is 0.538. The van der Waals surface area contributed by atoms with Crippen molar-refractivity contribution in [1.82, 2.24) is 5.32 Å². The van der Waals surface area contributed by atoms with E-state index in [0.29, 0.717) is 11.3 Å². The number of aliphatic hydroxyl groups excluding tert-OH is 2. The number of aliphatic hydroxyl groups is 2. The van der Waals surface area contributed by atoms with E-state index < -0.39 is 6.10 Å². The Kier molecular flexibility index (Phi) is 6.08. The van der Waals surface area contributed by atoms with E-state index in [1.807, 2.05) is 14.0 Å². The number of aryl methyl sites for hydroxylation is 1. The van der Waals surface area contributed by atoms with Crippen LogP contribution in [0.2, 0.25) is 0 Å². The van der Waals surface area contributed by atoms with Crippen LogP contribution in [-0.2, 0) is 0 Å². The van der Waals surface area contributed by atoms with E-state index in [9.17, 15) is 9.50 Å². The minimum Gasteiger partial charge on any atom is -0.394 e. The first-order chi connectivity index (χ1) is 8.49. The van der Waals surface area contributed by atoms with Gasteiger partial charge in [0.25, 0.3) is 0 Å². The van der Waals surface area contributed by atoms with Crippen molar-refractivity contribution in [3.05, 3.63) is 29.1 Å². The van der Waals surface area contributed by atoms with Gasteiger partial charge in [-0.2, -0.15) is 0 Å². The van der Waals surface area contributed by atoms with E-state index in [-0.39, 0.29) is 18.5 Å². The van der Waals surface area contributed by atoms with Crippen molar-refractivity contribution >= 4 is 11.8 Å². The van der Waals surface area contributed by atoms with Crippen LogP contribution in [0.15, 0.2) is 17.0 Å². The van der Waals surface area contributed by atoms with E-state index in [2.05, 4.69) is 5.32 Å². The van der Waals surface area contributed by atoms with Crippen molar-refractivity contribution in [1.29, 1.82) is 0 Å². The SMILES string of the molecule is CNC(C)c1cc(F)c(C)cc1SCC(O)CO. The van der Waals surface area contributed by atoms with Gasteiger partial charge in [-0.05, 0) is 44.2 Å². The third-order valence-electron chi connectivity index (χ3n) is 2.83. The quantitative estimate of drug-likeness (QED) is 0.693. The molecule has 3 N–H and O–H groups in total. The molecule has 0 saturated carbocycles. The van der Waals surface area contributed by atoms with Crippen LogP contribution in [0.5, 0.6) is 0 Å². The third-order valence-corrected chi connectivity index (χ3v) is 4.05. The first-order valence-corrected chi connectivity index (χ1v) is 6.87. The molecule has 18 heavy (non-hydrogen) atoms. The summed E-state index contributed by atoms with van der Waals surface area (Å²) in [5.74, 6) is 0.171. The molecule has 3 nitrogen and oxygen atoms in total. The molecule has 2 atom stereocenters. The summed E-state index contributed by atoms with van der Waals surface area (Å²) in [6.07, 6.45) is -0.752. The first kappa shape index (κ1) is 15.4. The summed E-state index contributed by atoms with van der Waals surface area (Å²) in [4.78, 5) is 0.934. The maximum Gasteiger partial charge on any atom is 0.126 e. The van der Waals surface area contributed by atoms with Crippen molar-refractivity contribution in [2.24, 2.45) is 0 Å². The lowest BCUT2D eigenvalue weighted by atomic mass is 10.1. The summed E-state index contributed by atoms with van der Waals surface area (Å²) < 4.78 is 13.6. The normalized spacial score (nSPS) is 14.6. The van der Waals surface area contributed by atoms with E-state index in [4.69, 9.17) is 5.11 Å². The zero-order valence-corrected chi connectivity index (χ0v) is 11.7. The van der Waals surface area contributed by atoms with E-state index in [1.165, 1.54) is 17.8 Å². The zero-order chi connectivity index (χ0) is 13.7. The van der Waals surface area contributed by atoms with Gasteiger partial charge in [-0.15, -0.1) is 11.8 Å². The van der Waals surface area contributed by atoms with Crippen LogP contribution < -0.4 is 5.32 Å². The van der Waals surface area contributed by atoms with Gasteiger partial charge in [-0.3, -0.25) is 0 Å². The molecule has 5 heteroatoms. The lowest BCUT2D eigenvalue weighted by molar-refractivity contribution is 0.113. The molecular formula is C13H20FNO2S. The average Bonchev–Trinajstić information content (AvgIpc) is 2.38. The molecule has 0 saturated heterocycles. The molecule has 0 aliphatic rings. The molecule has 0 aromatic heterocycles. The molecule has 1 aromatic rings. The van der Waals surface area contributed by atoms with Gasteiger partial charge in [0.1, 0.15) is 5.82 Å². The minimum atomic E-state index is -0.752. The largest absolute Gasteiger partial charge is 0.394 e. The van der Waals surface area contributed by atoms with Crippen LogP contribution in [0.3, 0.4) is 0 Å². The summed E-state index contributed by atoms with van der Waals surface area (Å²) >= 11 is 1.43. The van der Waals surface area contributed by atoms with Crippen LogP contribution in [0.1, 0.15) is 24.1 Å². The lowest BCUT2D eigenvalue weighted by Gasteiger charge is -2.17. The smallest absolute Gasteiger partial charge is 0.126 e. The number of thioether (sulfide) groups is 1. The van der Waals surface area contributed by atoms with Crippen LogP contribution >= 0.6 is 11.8 Å². The molecular weight excluding hydrogens is 253 g/mol. The Morgan fingerprint density at radius 3 is 2.67 bits per heavy atom. The number of halogens is 1. The molecule has 2 unspecified atom stereocenters. The van der Waals surface area contributed by atoms with Gasteiger partial charge in [0, 0.05) is 16.7 Å². The molecule has 0 heterocycles. The lowest BCUT2D eigenvalue weighted by Crippen LogP contribution is -2.16. The second-order valence-electron chi connectivity index (χ2n) is 4.30. The van der Waals surface area contributed by atoms with Crippen LogP contribution in [0, 0.1) is 12.7 Å². The molecule has 0 aliphatic heterocycles. The second-order valence-corrected chi connectivity index (χ2v) is 5.36. The Morgan fingerprint density at radius 2 is 2.11 bits per heavy atom.